The Morgan fingerprint density at radius 2 is 1.95 bits per heavy atom. The van der Waals surface area contributed by atoms with Gasteiger partial charge in [-0.2, -0.15) is 0 Å². The summed E-state index contributed by atoms with van der Waals surface area (Å²) in [5.41, 5.74) is 2.64. The van der Waals surface area contributed by atoms with Crippen LogP contribution in [0.5, 0.6) is 5.75 Å². The Kier molecular flexibility index (Phi) is 3.90. The lowest BCUT2D eigenvalue weighted by Gasteiger charge is -2.12. The topological polar surface area (TPSA) is 45.3 Å². The van der Waals surface area contributed by atoms with Crippen LogP contribution in [0, 0.1) is 0 Å². The van der Waals surface area contributed by atoms with Crippen LogP contribution >= 0.6 is 0 Å². The van der Waals surface area contributed by atoms with Crippen molar-refractivity contribution in [3.8, 4) is 5.75 Å². The van der Waals surface area contributed by atoms with Crippen molar-refractivity contribution in [3.05, 3.63) is 47.8 Å². The summed E-state index contributed by atoms with van der Waals surface area (Å²) in [6.45, 7) is 2.03. The minimum absolute atomic E-state index is 0.339. The van der Waals surface area contributed by atoms with E-state index in [-0.39, 0.29) is 5.97 Å². The van der Waals surface area contributed by atoms with Crippen LogP contribution < -0.4 is 9.64 Å². The Morgan fingerprint density at radius 1 is 1.26 bits per heavy atom. The lowest BCUT2D eigenvalue weighted by atomic mass is 10.2. The van der Waals surface area contributed by atoms with Gasteiger partial charge in [0.05, 0.1) is 5.56 Å². The molecular weight excluding hydrogens is 240 g/mol. The Bertz CT molecular complexity index is 556. The molecule has 0 unspecified atom stereocenters. The number of aromatic amines is 1. The quantitative estimate of drug-likeness (QED) is 0.677. The van der Waals surface area contributed by atoms with Gasteiger partial charge in [0.25, 0.3) is 0 Å². The number of anilines is 1. The summed E-state index contributed by atoms with van der Waals surface area (Å²) in [6.07, 6.45) is 2.54. The van der Waals surface area contributed by atoms with Crippen LogP contribution in [-0.4, -0.2) is 25.0 Å². The van der Waals surface area contributed by atoms with E-state index in [4.69, 9.17) is 4.74 Å². The maximum absolute atomic E-state index is 11.9. The van der Waals surface area contributed by atoms with Crippen molar-refractivity contribution in [2.45, 2.75) is 13.3 Å². The number of aromatic nitrogens is 1. The first kappa shape index (κ1) is 13.2. The Morgan fingerprint density at radius 3 is 2.47 bits per heavy atom. The van der Waals surface area contributed by atoms with Crippen LogP contribution in [-0.2, 0) is 6.42 Å². The standard InChI is InChI=1S/C15H18N2O2/c1-4-12-9-11(10-16-12)15(18)19-14-7-5-13(6-8-14)17(2)3/h5-10,16H,4H2,1-3H3. The van der Waals surface area contributed by atoms with E-state index in [1.54, 1.807) is 18.3 Å². The first-order chi connectivity index (χ1) is 9.10. The third-order valence-electron chi connectivity index (χ3n) is 2.92. The molecule has 0 radical (unpaired) electrons. The van der Waals surface area contributed by atoms with Crippen molar-refractivity contribution in [1.29, 1.82) is 0 Å². The second-order valence-electron chi connectivity index (χ2n) is 4.54. The molecule has 0 aliphatic heterocycles. The van der Waals surface area contributed by atoms with E-state index in [0.29, 0.717) is 11.3 Å². The van der Waals surface area contributed by atoms with Gasteiger partial charge < -0.3 is 14.6 Å². The van der Waals surface area contributed by atoms with Gasteiger partial charge in [0, 0.05) is 31.7 Å². The third-order valence-corrected chi connectivity index (χ3v) is 2.92. The maximum atomic E-state index is 11.9. The normalized spacial score (nSPS) is 10.3. The average molecular weight is 258 g/mol. The summed E-state index contributed by atoms with van der Waals surface area (Å²) < 4.78 is 5.32. The highest BCUT2D eigenvalue weighted by atomic mass is 16.5. The van der Waals surface area contributed by atoms with E-state index in [1.165, 1.54) is 0 Å². The van der Waals surface area contributed by atoms with Gasteiger partial charge in [0.2, 0.25) is 0 Å². The highest BCUT2D eigenvalue weighted by Gasteiger charge is 2.10. The van der Waals surface area contributed by atoms with E-state index in [2.05, 4.69) is 4.98 Å². The lowest BCUT2D eigenvalue weighted by molar-refractivity contribution is 0.0735. The fourth-order valence-corrected chi connectivity index (χ4v) is 1.74. The Labute approximate surface area is 113 Å². The molecule has 1 aromatic heterocycles. The molecule has 1 heterocycles. The molecule has 0 fully saturated rings. The van der Waals surface area contributed by atoms with E-state index in [0.717, 1.165) is 17.8 Å². The number of H-pyrrole nitrogens is 1. The summed E-state index contributed by atoms with van der Waals surface area (Å²) in [5.74, 6) is 0.211. The molecule has 0 atom stereocenters. The molecule has 2 rings (SSSR count). The molecular formula is C15H18N2O2. The molecule has 4 nitrogen and oxygen atoms in total. The van der Waals surface area contributed by atoms with Crippen molar-refractivity contribution in [2.24, 2.45) is 0 Å². The first-order valence-electron chi connectivity index (χ1n) is 6.27. The number of nitrogens with one attached hydrogen (secondary N) is 1. The number of ether oxygens (including phenoxy) is 1. The largest absolute Gasteiger partial charge is 0.423 e. The Balaban J connectivity index is 2.06. The van der Waals surface area contributed by atoms with Crippen molar-refractivity contribution >= 4 is 11.7 Å². The van der Waals surface area contributed by atoms with E-state index >= 15 is 0 Å². The van der Waals surface area contributed by atoms with E-state index in [9.17, 15) is 4.79 Å². The number of hydrogen-bond donors (Lipinski definition) is 1. The summed E-state index contributed by atoms with van der Waals surface area (Å²) in [7, 11) is 3.93. The molecule has 19 heavy (non-hydrogen) atoms. The molecule has 4 heteroatoms. The molecule has 100 valence electrons. The molecule has 0 aliphatic carbocycles. The third kappa shape index (κ3) is 3.16. The number of carbonyl (C=O) groups excluding carboxylic acids is 1. The lowest BCUT2D eigenvalue weighted by Crippen LogP contribution is -2.09. The zero-order valence-corrected chi connectivity index (χ0v) is 11.4. The summed E-state index contributed by atoms with van der Waals surface area (Å²) >= 11 is 0. The van der Waals surface area contributed by atoms with Gasteiger partial charge >= 0.3 is 5.97 Å². The molecule has 1 N–H and O–H groups in total. The van der Waals surface area contributed by atoms with Crippen LogP contribution in [0.4, 0.5) is 5.69 Å². The molecule has 0 bridgehead atoms. The number of hydrogen-bond acceptors (Lipinski definition) is 3. The molecule has 0 saturated carbocycles. The van der Waals surface area contributed by atoms with Crippen molar-refractivity contribution < 1.29 is 9.53 Å². The van der Waals surface area contributed by atoms with Gasteiger partial charge in [0.1, 0.15) is 5.75 Å². The highest BCUT2D eigenvalue weighted by Crippen LogP contribution is 2.18. The summed E-state index contributed by atoms with van der Waals surface area (Å²) in [5, 5.41) is 0. The second-order valence-corrected chi connectivity index (χ2v) is 4.54. The molecule has 1 aromatic carbocycles. The zero-order chi connectivity index (χ0) is 13.8. The fraction of sp³-hybridized carbons (Fsp3) is 0.267. The number of benzene rings is 1. The van der Waals surface area contributed by atoms with Gasteiger partial charge in [-0.15, -0.1) is 0 Å². The average Bonchev–Trinajstić information content (AvgIpc) is 2.88. The zero-order valence-electron chi connectivity index (χ0n) is 11.4. The molecule has 0 saturated heterocycles. The Hall–Kier alpha value is -2.23. The smallest absolute Gasteiger partial charge is 0.345 e. The predicted molar refractivity (Wildman–Crippen MR) is 75.9 cm³/mol. The van der Waals surface area contributed by atoms with Gasteiger partial charge in [-0.25, -0.2) is 4.79 Å². The number of aryl methyl sites for hydroxylation is 1. The van der Waals surface area contributed by atoms with Crippen LogP contribution in [0.1, 0.15) is 23.0 Å². The van der Waals surface area contributed by atoms with Gasteiger partial charge in [0.15, 0.2) is 0 Å². The number of esters is 1. The molecule has 2 aromatic rings. The molecule has 0 spiro atoms. The highest BCUT2D eigenvalue weighted by molar-refractivity contribution is 5.91. The molecule has 0 amide bonds. The van der Waals surface area contributed by atoms with Crippen LogP contribution in [0.3, 0.4) is 0 Å². The summed E-state index contributed by atoms with van der Waals surface area (Å²) in [6, 6.07) is 9.23. The van der Waals surface area contributed by atoms with Crippen LogP contribution in [0.15, 0.2) is 36.5 Å². The van der Waals surface area contributed by atoms with Crippen molar-refractivity contribution in [1.82, 2.24) is 4.98 Å². The van der Waals surface area contributed by atoms with E-state index < -0.39 is 0 Å². The number of rotatable bonds is 4. The first-order valence-corrected chi connectivity index (χ1v) is 6.27. The second kappa shape index (κ2) is 5.61. The maximum Gasteiger partial charge on any atom is 0.345 e. The minimum Gasteiger partial charge on any atom is -0.423 e. The SMILES string of the molecule is CCc1cc(C(=O)Oc2ccc(N(C)C)cc2)c[nH]1. The van der Waals surface area contributed by atoms with Gasteiger partial charge in [-0.05, 0) is 36.8 Å². The van der Waals surface area contributed by atoms with Crippen molar-refractivity contribution in [3.63, 3.8) is 0 Å². The number of carbonyl (C=O) groups is 1. The van der Waals surface area contributed by atoms with E-state index in [1.807, 2.05) is 44.1 Å². The fourth-order valence-electron chi connectivity index (χ4n) is 1.74. The van der Waals surface area contributed by atoms with Crippen LogP contribution in [0.25, 0.3) is 0 Å². The van der Waals surface area contributed by atoms with Gasteiger partial charge in [-0.1, -0.05) is 6.92 Å². The van der Waals surface area contributed by atoms with Gasteiger partial charge in [-0.3, -0.25) is 0 Å². The monoisotopic (exact) mass is 258 g/mol. The summed E-state index contributed by atoms with van der Waals surface area (Å²) in [4.78, 5) is 16.9. The van der Waals surface area contributed by atoms with Crippen LogP contribution in [0.2, 0.25) is 0 Å². The predicted octanol–water partition coefficient (Wildman–Crippen LogP) is 2.86. The number of nitrogens with zero attached hydrogens (tertiary/aromatic N) is 1. The van der Waals surface area contributed by atoms with Crippen molar-refractivity contribution in [2.75, 3.05) is 19.0 Å². The minimum atomic E-state index is -0.339. The molecule has 0 aliphatic rings.